The van der Waals surface area contributed by atoms with Crippen LogP contribution in [0.2, 0.25) is 0 Å². The Balaban J connectivity index is 1.85. The fourth-order valence-corrected chi connectivity index (χ4v) is 2.95. The van der Waals surface area contributed by atoms with E-state index in [4.69, 9.17) is 0 Å². The molecule has 140 valence electrons. The van der Waals surface area contributed by atoms with Gasteiger partial charge in [-0.25, -0.2) is 4.99 Å². The fourth-order valence-electron chi connectivity index (χ4n) is 2.95. The molecule has 6 heteroatoms. The Labute approximate surface area is 159 Å². The van der Waals surface area contributed by atoms with Gasteiger partial charge in [0.2, 0.25) is 12.4 Å². The molecule has 6 nitrogen and oxygen atoms in total. The van der Waals surface area contributed by atoms with Gasteiger partial charge in [0.15, 0.2) is 0 Å². The second-order valence-electron chi connectivity index (χ2n) is 6.67. The average molecular weight is 364 g/mol. The van der Waals surface area contributed by atoms with Gasteiger partial charge in [0.25, 0.3) is 5.91 Å². The molecule has 0 unspecified atom stereocenters. The van der Waals surface area contributed by atoms with Crippen LogP contribution in [0.4, 0.5) is 5.69 Å². The van der Waals surface area contributed by atoms with E-state index in [0.717, 1.165) is 23.2 Å². The fraction of sp³-hybridized carbons (Fsp3) is 0.286. The van der Waals surface area contributed by atoms with Crippen LogP contribution in [0.25, 0.3) is 0 Å². The predicted octanol–water partition coefficient (Wildman–Crippen LogP) is 2.49. The third kappa shape index (κ3) is 4.73. The molecule has 0 atom stereocenters. The monoisotopic (exact) mass is 364 g/mol. The molecular weight excluding hydrogens is 340 g/mol. The topological polar surface area (TPSA) is 65.0 Å². The molecule has 3 rings (SSSR count). The summed E-state index contributed by atoms with van der Waals surface area (Å²) in [5.41, 5.74) is 3.47. The highest BCUT2D eigenvalue weighted by atomic mass is 16.2. The SMILES string of the molecule is Cc1ccc(N=C(NC(=O)c2ccccc2C)N2CCN(C=O)CC2)cc1. The van der Waals surface area contributed by atoms with Crippen molar-refractivity contribution in [3.8, 4) is 0 Å². The van der Waals surface area contributed by atoms with E-state index in [1.807, 2.05) is 61.2 Å². The van der Waals surface area contributed by atoms with Crippen molar-refractivity contribution in [1.82, 2.24) is 15.1 Å². The molecule has 0 bridgehead atoms. The van der Waals surface area contributed by atoms with Crippen molar-refractivity contribution in [2.24, 2.45) is 4.99 Å². The van der Waals surface area contributed by atoms with Crippen LogP contribution in [0.15, 0.2) is 53.5 Å². The lowest BCUT2D eigenvalue weighted by atomic mass is 10.1. The Morgan fingerprint density at radius 2 is 1.67 bits per heavy atom. The normalized spacial score (nSPS) is 14.8. The molecule has 1 aliphatic rings. The molecule has 0 radical (unpaired) electrons. The molecule has 2 aromatic carbocycles. The van der Waals surface area contributed by atoms with Gasteiger partial charge in [0.1, 0.15) is 0 Å². The van der Waals surface area contributed by atoms with Crippen molar-refractivity contribution in [1.29, 1.82) is 0 Å². The van der Waals surface area contributed by atoms with E-state index >= 15 is 0 Å². The molecule has 1 saturated heterocycles. The zero-order chi connectivity index (χ0) is 19.2. The number of nitrogens with one attached hydrogen (secondary N) is 1. The number of hydrogen-bond acceptors (Lipinski definition) is 3. The first-order valence-corrected chi connectivity index (χ1v) is 9.03. The Bertz CT molecular complexity index is 838. The van der Waals surface area contributed by atoms with Crippen LogP contribution in [-0.2, 0) is 4.79 Å². The third-order valence-electron chi connectivity index (χ3n) is 4.65. The number of guanidine groups is 1. The molecule has 1 fully saturated rings. The molecule has 1 N–H and O–H groups in total. The quantitative estimate of drug-likeness (QED) is 0.517. The highest BCUT2D eigenvalue weighted by Gasteiger charge is 2.21. The lowest BCUT2D eigenvalue weighted by molar-refractivity contribution is -0.119. The number of hydrogen-bond donors (Lipinski definition) is 1. The van der Waals surface area contributed by atoms with Crippen LogP contribution in [0.1, 0.15) is 21.5 Å². The van der Waals surface area contributed by atoms with E-state index in [0.29, 0.717) is 37.7 Å². The van der Waals surface area contributed by atoms with Crippen LogP contribution in [0, 0.1) is 13.8 Å². The first-order chi connectivity index (χ1) is 13.1. The van der Waals surface area contributed by atoms with Crippen LogP contribution in [0.5, 0.6) is 0 Å². The minimum Gasteiger partial charge on any atom is -0.342 e. The summed E-state index contributed by atoms with van der Waals surface area (Å²) in [4.78, 5) is 32.2. The number of benzene rings is 2. The van der Waals surface area contributed by atoms with E-state index < -0.39 is 0 Å². The summed E-state index contributed by atoms with van der Waals surface area (Å²) in [5.74, 6) is 0.328. The zero-order valence-corrected chi connectivity index (χ0v) is 15.7. The van der Waals surface area contributed by atoms with Gasteiger partial charge in [-0.05, 0) is 37.6 Å². The highest BCUT2D eigenvalue weighted by Crippen LogP contribution is 2.15. The summed E-state index contributed by atoms with van der Waals surface area (Å²) < 4.78 is 0. The van der Waals surface area contributed by atoms with Crippen molar-refractivity contribution in [2.45, 2.75) is 13.8 Å². The summed E-state index contributed by atoms with van der Waals surface area (Å²) in [5, 5.41) is 2.97. The maximum absolute atomic E-state index is 12.8. The van der Waals surface area contributed by atoms with E-state index in [2.05, 4.69) is 10.3 Å². The minimum absolute atomic E-state index is 0.184. The molecule has 2 amide bonds. The van der Waals surface area contributed by atoms with Gasteiger partial charge in [-0.3, -0.25) is 14.9 Å². The number of aryl methyl sites for hydroxylation is 2. The van der Waals surface area contributed by atoms with Crippen molar-refractivity contribution < 1.29 is 9.59 Å². The van der Waals surface area contributed by atoms with E-state index in [1.54, 1.807) is 11.0 Å². The molecule has 0 saturated carbocycles. The van der Waals surface area contributed by atoms with Gasteiger partial charge in [-0.15, -0.1) is 0 Å². The number of carbonyl (C=O) groups excluding carboxylic acids is 2. The summed E-state index contributed by atoms with van der Waals surface area (Å²) >= 11 is 0. The highest BCUT2D eigenvalue weighted by molar-refractivity contribution is 6.07. The maximum Gasteiger partial charge on any atom is 0.258 e. The van der Waals surface area contributed by atoms with Crippen molar-refractivity contribution in [3.05, 3.63) is 65.2 Å². The number of nitrogens with zero attached hydrogens (tertiary/aromatic N) is 3. The van der Waals surface area contributed by atoms with Gasteiger partial charge in [-0.2, -0.15) is 0 Å². The first-order valence-electron chi connectivity index (χ1n) is 9.03. The lowest BCUT2D eigenvalue weighted by Gasteiger charge is -2.34. The van der Waals surface area contributed by atoms with Gasteiger partial charge in [0, 0.05) is 31.7 Å². The number of carbonyl (C=O) groups is 2. The summed E-state index contributed by atoms with van der Waals surface area (Å²) in [6, 6.07) is 15.3. The number of rotatable bonds is 3. The van der Waals surface area contributed by atoms with Crippen LogP contribution >= 0.6 is 0 Å². The predicted molar refractivity (Wildman–Crippen MR) is 106 cm³/mol. The van der Waals surface area contributed by atoms with Crippen LogP contribution in [-0.4, -0.2) is 54.3 Å². The zero-order valence-electron chi connectivity index (χ0n) is 15.7. The molecule has 2 aromatic rings. The standard InChI is InChI=1S/C21H24N4O2/c1-16-7-9-18(10-8-16)22-21(25-13-11-24(15-26)12-14-25)23-20(27)19-6-4-3-5-17(19)2/h3-10,15H,11-14H2,1-2H3,(H,22,23,27). The molecule has 0 aromatic heterocycles. The lowest BCUT2D eigenvalue weighted by Crippen LogP contribution is -2.53. The minimum atomic E-state index is -0.184. The Morgan fingerprint density at radius 1 is 1.00 bits per heavy atom. The smallest absolute Gasteiger partial charge is 0.258 e. The average Bonchev–Trinajstić information content (AvgIpc) is 2.69. The number of amides is 2. The molecule has 27 heavy (non-hydrogen) atoms. The number of piperazine rings is 1. The van der Waals surface area contributed by atoms with Crippen molar-refractivity contribution >= 4 is 24.0 Å². The van der Waals surface area contributed by atoms with E-state index in [1.165, 1.54) is 0 Å². The van der Waals surface area contributed by atoms with Crippen molar-refractivity contribution in [3.63, 3.8) is 0 Å². The van der Waals surface area contributed by atoms with Crippen LogP contribution < -0.4 is 5.32 Å². The van der Waals surface area contributed by atoms with Gasteiger partial charge in [-0.1, -0.05) is 35.9 Å². The molecule has 1 heterocycles. The Morgan fingerprint density at radius 3 is 2.30 bits per heavy atom. The van der Waals surface area contributed by atoms with E-state index in [9.17, 15) is 9.59 Å². The van der Waals surface area contributed by atoms with Crippen LogP contribution in [0.3, 0.4) is 0 Å². The third-order valence-corrected chi connectivity index (χ3v) is 4.65. The Hall–Kier alpha value is -3.15. The maximum atomic E-state index is 12.8. The molecule has 1 aliphatic heterocycles. The molecular formula is C21H24N4O2. The molecule has 0 spiro atoms. The number of aliphatic imine (C=N–C) groups is 1. The van der Waals surface area contributed by atoms with Crippen molar-refractivity contribution in [2.75, 3.05) is 26.2 Å². The van der Waals surface area contributed by atoms with E-state index in [-0.39, 0.29) is 5.91 Å². The molecule has 0 aliphatic carbocycles. The van der Waals surface area contributed by atoms with Gasteiger partial charge >= 0.3 is 0 Å². The summed E-state index contributed by atoms with van der Waals surface area (Å²) in [6.45, 7) is 6.39. The summed E-state index contributed by atoms with van der Waals surface area (Å²) in [6.07, 6.45) is 0.861. The Kier molecular flexibility index (Phi) is 5.86. The first kappa shape index (κ1) is 18.6. The van der Waals surface area contributed by atoms with Gasteiger partial charge < -0.3 is 9.80 Å². The largest absolute Gasteiger partial charge is 0.342 e. The van der Waals surface area contributed by atoms with Gasteiger partial charge in [0.05, 0.1) is 5.69 Å². The summed E-state index contributed by atoms with van der Waals surface area (Å²) in [7, 11) is 0. The second kappa shape index (κ2) is 8.49. The second-order valence-corrected chi connectivity index (χ2v) is 6.67.